The van der Waals surface area contributed by atoms with Crippen LogP contribution in [-0.2, 0) is 81.6 Å². The number of hydrogen-bond acceptors (Lipinski definition) is 12. The third-order valence-corrected chi connectivity index (χ3v) is 0.908. The van der Waals surface area contributed by atoms with Crippen LogP contribution in [0.25, 0.3) is 0 Å². The van der Waals surface area contributed by atoms with E-state index < -0.39 is 32.7 Å². The second-order valence-corrected chi connectivity index (χ2v) is 4.69. The summed E-state index contributed by atoms with van der Waals surface area (Å²) in [4.78, 5) is 19.0. The van der Waals surface area contributed by atoms with Crippen molar-refractivity contribution in [3.05, 3.63) is 0 Å². The Morgan fingerprint density at radius 3 is 0.760 bits per heavy atom. The smallest absolute Gasteiger partial charge is 0.759 e. The molecule has 0 saturated carbocycles. The Labute approximate surface area is 177 Å². The summed E-state index contributed by atoms with van der Waals surface area (Å²) in [5.74, 6) is -1.92. The van der Waals surface area contributed by atoms with E-state index in [1.807, 2.05) is 0 Å². The molecule has 0 aliphatic rings. The average molecular weight is 534 g/mol. The van der Waals surface area contributed by atoms with Crippen molar-refractivity contribution in [2.24, 2.45) is 0 Å². The average Bonchev–Trinajstić information content (AvgIpc) is 2.11. The van der Waals surface area contributed by atoms with Gasteiger partial charge in [-0.3, -0.25) is 16.8 Å². The van der Waals surface area contributed by atoms with E-state index >= 15 is 0 Å². The van der Waals surface area contributed by atoms with E-state index in [1.165, 1.54) is 0 Å². The molecule has 0 amide bonds. The minimum atomic E-state index is -5.17. The Hall–Kier alpha value is 0.238. The molecule has 12 nitrogen and oxygen atoms in total. The molecule has 0 fully saturated rings. The molecule has 0 rings (SSSR count). The summed E-state index contributed by atoms with van der Waals surface area (Å²) >= 11 is 0. The first-order valence-corrected chi connectivity index (χ1v) is 7.94. The van der Waals surface area contributed by atoms with Gasteiger partial charge in [0.2, 0.25) is 0 Å². The molecule has 0 aliphatic heterocycles. The summed E-state index contributed by atoms with van der Waals surface area (Å²) in [7, 11) is -10.3. The summed E-state index contributed by atoms with van der Waals surface area (Å²) in [6, 6.07) is 0. The predicted octanol–water partition coefficient (Wildman–Crippen LogP) is -3.61. The van der Waals surface area contributed by atoms with Crippen molar-refractivity contribution in [3.8, 4) is 0 Å². The van der Waals surface area contributed by atoms with E-state index in [9.17, 15) is 19.8 Å². The van der Waals surface area contributed by atoms with Crippen LogP contribution in [0.1, 0.15) is 39.5 Å². The van der Waals surface area contributed by atoms with E-state index in [0.717, 1.165) is 0 Å². The van der Waals surface area contributed by atoms with Crippen molar-refractivity contribution in [1.29, 1.82) is 0 Å². The van der Waals surface area contributed by atoms with Gasteiger partial charge in [-0.15, -0.1) is 0 Å². The van der Waals surface area contributed by atoms with Crippen LogP contribution in [0.15, 0.2) is 0 Å². The van der Waals surface area contributed by atoms with Crippen LogP contribution in [0.2, 0.25) is 0 Å². The van der Waals surface area contributed by atoms with E-state index in [-0.39, 0.29) is 64.0 Å². The molecule has 17 heteroatoms. The fourth-order valence-corrected chi connectivity index (χ4v) is 0.408. The molecule has 154 valence electrons. The van der Waals surface area contributed by atoms with Crippen LogP contribution >= 0.6 is 0 Å². The summed E-state index contributed by atoms with van der Waals surface area (Å²) in [5.41, 5.74) is 0. The number of carboxylic acids is 2. The number of carbonyl (C=O) groups is 2. The van der Waals surface area contributed by atoms with E-state index in [1.54, 1.807) is 13.8 Å². The van der Waals surface area contributed by atoms with Crippen LogP contribution in [0.4, 0.5) is 0 Å². The second-order valence-electron chi connectivity index (χ2n) is 3.06. The van der Waals surface area contributed by atoms with Gasteiger partial charge in [0.1, 0.15) is 0 Å². The van der Waals surface area contributed by atoms with Crippen molar-refractivity contribution >= 4 is 32.7 Å². The van der Waals surface area contributed by atoms with Gasteiger partial charge in [0.25, 0.3) is 0 Å². The Morgan fingerprint density at radius 2 is 0.760 bits per heavy atom. The maximum Gasteiger partial charge on any atom is 2.00 e. The summed E-state index contributed by atoms with van der Waals surface area (Å²) in [6.45, 7) is 3.60. The fourth-order valence-electron chi connectivity index (χ4n) is 0.408. The van der Waals surface area contributed by atoms with Crippen molar-refractivity contribution in [2.75, 3.05) is 0 Å². The molecule has 0 radical (unpaired) electrons. The standard InChI is InChI=1S/2C4H8O2.3Fe.2H2O4S/c2*1-2-3-4(5)6;;;;2*1-5(2,3)4/h2*2-3H2,1H3,(H,5,6);;;;2*(H2,1,2,3,4)/q;;3*+2;;/p-6. The van der Waals surface area contributed by atoms with E-state index in [4.69, 9.17) is 35.0 Å². The molecule has 0 atom stereocenters. The van der Waals surface area contributed by atoms with Gasteiger partial charge in [-0.1, -0.05) is 26.7 Å². The Kier molecular flexibility index (Phi) is 47.2. The molecule has 0 bridgehead atoms. The van der Waals surface area contributed by atoms with Crippen molar-refractivity contribution in [1.82, 2.24) is 0 Å². The molecular formula is C8H14Fe3O12S2. The Balaban J connectivity index is -0.0000000333. The maximum atomic E-state index is 9.49. The molecule has 0 aromatic carbocycles. The predicted molar refractivity (Wildman–Crippen MR) is 60.8 cm³/mol. The molecule has 0 spiro atoms. The minimum Gasteiger partial charge on any atom is -0.759 e. The Morgan fingerprint density at radius 1 is 0.640 bits per heavy atom. The molecule has 0 unspecified atom stereocenters. The molecular weight excluding hydrogens is 520 g/mol. The topological polar surface area (TPSA) is 241 Å². The number of rotatable bonds is 4. The van der Waals surface area contributed by atoms with Gasteiger partial charge >= 0.3 is 51.2 Å². The summed E-state index contributed by atoms with van der Waals surface area (Å²) in [5, 5.41) is 19.0. The maximum absolute atomic E-state index is 9.49. The molecule has 0 aromatic rings. The molecule has 0 heterocycles. The van der Waals surface area contributed by atoms with Crippen LogP contribution < -0.4 is 10.2 Å². The van der Waals surface area contributed by atoms with Crippen LogP contribution in [0, 0.1) is 0 Å². The van der Waals surface area contributed by atoms with Gasteiger partial charge in [-0.2, -0.15) is 0 Å². The van der Waals surface area contributed by atoms with Crippen molar-refractivity contribution < 1.29 is 106 Å². The molecule has 0 aromatic heterocycles. The molecule has 0 saturated heterocycles. The van der Waals surface area contributed by atoms with Crippen molar-refractivity contribution in [3.63, 3.8) is 0 Å². The summed E-state index contributed by atoms with van der Waals surface area (Å²) in [6.07, 6.45) is 1.70. The fraction of sp³-hybridized carbons (Fsp3) is 0.750. The summed E-state index contributed by atoms with van der Waals surface area (Å²) < 4.78 is 68.2. The van der Waals surface area contributed by atoms with Gasteiger partial charge in [0, 0.05) is 32.7 Å². The number of hydrogen-bond donors (Lipinski definition) is 0. The molecule has 25 heavy (non-hydrogen) atoms. The van der Waals surface area contributed by atoms with Gasteiger partial charge in [0.05, 0.1) is 0 Å². The minimum absolute atomic E-state index is 0. The van der Waals surface area contributed by atoms with Gasteiger partial charge < -0.3 is 38.0 Å². The van der Waals surface area contributed by atoms with Gasteiger partial charge in [0.15, 0.2) is 0 Å². The Bertz CT molecular complexity index is 428. The van der Waals surface area contributed by atoms with Crippen LogP contribution in [0.5, 0.6) is 0 Å². The third-order valence-electron chi connectivity index (χ3n) is 0.908. The molecule has 0 N–H and O–H groups in total. The van der Waals surface area contributed by atoms with E-state index in [2.05, 4.69) is 0 Å². The normalized spacial score (nSPS) is 8.56. The van der Waals surface area contributed by atoms with Gasteiger partial charge in [-0.25, -0.2) is 0 Å². The molecule has 0 aliphatic carbocycles. The zero-order valence-corrected chi connectivity index (χ0v) is 17.6. The van der Waals surface area contributed by atoms with E-state index in [0.29, 0.717) is 12.8 Å². The number of carbonyl (C=O) groups excluding carboxylic acids is 2. The zero-order valence-electron chi connectivity index (χ0n) is 12.6. The third kappa shape index (κ3) is 308. The van der Waals surface area contributed by atoms with Crippen molar-refractivity contribution in [2.45, 2.75) is 39.5 Å². The van der Waals surface area contributed by atoms with Crippen LogP contribution in [-0.4, -0.2) is 47.0 Å². The largest absolute Gasteiger partial charge is 2.00 e. The number of carboxylic acid groups (broad SMARTS) is 2. The first-order chi connectivity index (χ1) is 9.54. The first kappa shape index (κ1) is 44.6. The monoisotopic (exact) mass is 534 g/mol. The van der Waals surface area contributed by atoms with Gasteiger partial charge in [-0.05, 0) is 12.8 Å². The first-order valence-electron chi connectivity index (χ1n) is 5.27. The quantitative estimate of drug-likeness (QED) is 0.193. The zero-order chi connectivity index (χ0) is 19.0. The van der Waals surface area contributed by atoms with Crippen LogP contribution in [0.3, 0.4) is 0 Å². The SMILES string of the molecule is CCCC(=O)[O-].CCCC(=O)[O-].O=S(=O)([O-])[O-].O=S(=O)([O-])[O-].[Fe+2].[Fe+2].[Fe+2]. The number of aliphatic carboxylic acids is 2. The second kappa shape index (κ2) is 26.5.